The number of thioether (sulfide) groups is 1. The van der Waals surface area contributed by atoms with E-state index in [1.807, 2.05) is 6.07 Å². The minimum absolute atomic E-state index is 0. The van der Waals surface area contributed by atoms with E-state index >= 15 is 0 Å². The molecule has 2 aromatic rings. The monoisotopic (exact) mass is 491 g/mol. The molecule has 5 nitrogen and oxygen atoms in total. The van der Waals surface area contributed by atoms with Crippen LogP contribution in [0.25, 0.3) is 0 Å². The fourth-order valence-electron chi connectivity index (χ4n) is 2.12. The van der Waals surface area contributed by atoms with Crippen LogP contribution < -0.4 is 20.5 Å². The SMILES string of the molecule is COc1ccc(OC)c(NC(N)=NCCSCc2ccccc2F)c1.I. The number of aliphatic imine (C=N–C) groups is 1. The molecule has 0 radical (unpaired) electrons. The van der Waals surface area contributed by atoms with Crippen LogP contribution in [0.4, 0.5) is 10.1 Å². The van der Waals surface area contributed by atoms with Gasteiger partial charge in [0.05, 0.1) is 26.5 Å². The fraction of sp³-hybridized carbons (Fsp3) is 0.278. The van der Waals surface area contributed by atoms with Gasteiger partial charge in [-0.15, -0.1) is 24.0 Å². The van der Waals surface area contributed by atoms with Crippen LogP contribution in [0.1, 0.15) is 5.56 Å². The summed E-state index contributed by atoms with van der Waals surface area (Å²) in [5, 5.41) is 3.01. The lowest BCUT2D eigenvalue weighted by molar-refractivity contribution is 0.405. The van der Waals surface area contributed by atoms with E-state index in [9.17, 15) is 4.39 Å². The third-order valence-electron chi connectivity index (χ3n) is 3.40. The lowest BCUT2D eigenvalue weighted by Crippen LogP contribution is -2.23. The van der Waals surface area contributed by atoms with E-state index in [4.69, 9.17) is 15.2 Å². The molecule has 0 fully saturated rings. The van der Waals surface area contributed by atoms with Crippen molar-refractivity contribution in [1.29, 1.82) is 0 Å². The Morgan fingerprint density at radius 3 is 2.65 bits per heavy atom. The zero-order valence-electron chi connectivity index (χ0n) is 14.7. The van der Waals surface area contributed by atoms with Crippen LogP contribution >= 0.6 is 35.7 Å². The van der Waals surface area contributed by atoms with Crippen molar-refractivity contribution < 1.29 is 13.9 Å². The van der Waals surface area contributed by atoms with E-state index in [-0.39, 0.29) is 35.8 Å². The number of anilines is 1. The number of guanidine groups is 1. The molecule has 0 aliphatic carbocycles. The Morgan fingerprint density at radius 2 is 1.96 bits per heavy atom. The van der Waals surface area contributed by atoms with Crippen molar-refractivity contribution in [2.24, 2.45) is 10.7 Å². The van der Waals surface area contributed by atoms with Gasteiger partial charge in [0.2, 0.25) is 0 Å². The van der Waals surface area contributed by atoms with E-state index in [2.05, 4.69) is 10.3 Å². The molecule has 0 saturated heterocycles. The zero-order valence-corrected chi connectivity index (χ0v) is 17.8. The molecule has 26 heavy (non-hydrogen) atoms. The third-order valence-corrected chi connectivity index (χ3v) is 4.39. The second kappa shape index (κ2) is 11.8. The van der Waals surface area contributed by atoms with Gasteiger partial charge in [0.15, 0.2) is 5.96 Å². The highest BCUT2D eigenvalue weighted by Gasteiger charge is 2.06. The molecule has 0 saturated carbocycles. The van der Waals surface area contributed by atoms with Crippen LogP contribution in [0.2, 0.25) is 0 Å². The number of ether oxygens (including phenoxy) is 2. The summed E-state index contributed by atoms with van der Waals surface area (Å²) >= 11 is 1.61. The van der Waals surface area contributed by atoms with Gasteiger partial charge in [0, 0.05) is 17.6 Å². The first-order valence-corrected chi connectivity index (χ1v) is 8.89. The molecular formula is C18H23FIN3O2S. The summed E-state index contributed by atoms with van der Waals surface area (Å²) in [5.41, 5.74) is 7.29. The van der Waals surface area contributed by atoms with Crippen LogP contribution in [0.5, 0.6) is 11.5 Å². The largest absolute Gasteiger partial charge is 0.497 e. The zero-order chi connectivity index (χ0) is 18.1. The standard InChI is InChI=1S/C18H22FN3O2S.HI/c1-23-14-7-8-17(24-2)16(11-14)22-18(20)21-9-10-25-12-13-5-3-4-6-15(13)19;/h3-8,11H,9-10,12H2,1-2H3,(H3,20,21,22);1H. The lowest BCUT2D eigenvalue weighted by Gasteiger charge is -2.12. The van der Waals surface area contributed by atoms with Crippen LogP contribution in [0, 0.1) is 5.82 Å². The molecule has 0 spiro atoms. The van der Waals surface area contributed by atoms with Crippen molar-refractivity contribution in [2.45, 2.75) is 5.75 Å². The topological polar surface area (TPSA) is 68.9 Å². The molecule has 0 aliphatic rings. The van der Waals surface area contributed by atoms with Gasteiger partial charge in [-0.05, 0) is 23.8 Å². The highest BCUT2D eigenvalue weighted by atomic mass is 127. The Hall–Kier alpha value is -1.68. The van der Waals surface area contributed by atoms with Crippen molar-refractivity contribution in [3.8, 4) is 11.5 Å². The normalized spacial score (nSPS) is 10.8. The minimum atomic E-state index is -0.176. The average Bonchev–Trinajstić information content (AvgIpc) is 2.62. The molecule has 0 aliphatic heterocycles. The van der Waals surface area contributed by atoms with Crippen molar-refractivity contribution in [3.05, 3.63) is 53.8 Å². The summed E-state index contributed by atoms with van der Waals surface area (Å²) in [6, 6.07) is 12.2. The maximum absolute atomic E-state index is 13.5. The van der Waals surface area contributed by atoms with Crippen molar-refractivity contribution in [3.63, 3.8) is 0 Å². The predicted octanol–water partition coefficient (Wildman–Crippen LogP) is 4.12. The van der Waals surface area contributed by atoms with Gasteiger partial charge >= 0.3 is 0 Å². The number of benzene rings is 2. The van der Waals surface area contributed by atoms with Crippen LogP contribution in [-0.2, 0) is 5.75 Å². The number of hydrogen-bond donors (Lipinski definition) is 2. The van der Waals surface area contributed by atoms with Crippen LogP contribution in [0.3, 0.4) is 0 Å². The van der Waals surface area contributed by atoms with E-state index in [0.717, 1.165) is 5.75 Å². The summed E-state index contributed by atoms with van der Waals surface area (Å²) in [4.78, 5) is 4.28. The highest BCUT2D eigenvalue weighted by Crippen LogP contribution is 2.28. The lowest BCUT2D eigenvalue weighted by atomic mass is 10.2. The van der Waals surface area contributed by atoms with Crippen molar-refractivity contribution in [2.75, 3.05) is 31.8 Å². The Morgan fingerprint density at radius 1 is 1.19 bits per heavy atom. The maximum atomic E-state index is 13.5. The first kappa shape index (κ1) is 22.4. The van der Waals surface area contributed by atoms with Gasteiger partial charge in [-0.2, -0.15) is 11.8 Å². The number of nitrogens with one attached hydrogen (secondary N) is 1. The van der Waals surface area contributed by atoms with Gasteiger partial charge < -0.3 is 20.5 Å². The number of methoxy groups -OCH3 is 2. The minimum Gasteiger partial charge on any atom is -0.497 e. The molecular weight excluding hydrogens is 468 g/mol. The number of nitrogens with zero attached hydrogens (tertiary/aromatic N) is 1. The molecule has 0 unspecified atom stereocenters. The summed E-state index contributed by atoms with van der Waals surface area (Å²) < 4.78 is 24.0. The van der Waals surface area contributed by atoms with Crippen molar-refractivity contribution >= 4 is 47.4 Å². The van der Waals surface area contributed by atoms with E-state index in [1.54, 1.807) is 56.3 Å². The third kappa shape index (κ3) is 6.91. The Balaban J connectivity index is 0.00000338. The fourth-order valence-corrected chi connectivity index (χ4v) is 2.94. The van der Waals surface area contributed by atoms with Gasteiger partial charge in [0.1, 0.15) is 17.3 Å². The molecule has 2 aromatic carbocycles. The second-order valence-corrected chi connectivity index (χ2v) is 6.21. The molecule has 2 rings (SSSR count). The maximum Gasteiger partial charge on any atom is 0.193 e. The predicted molar refractivity (Wildman–Crippen MR) is 118 cm³/mol. The van der Waals surface area contributed by atoms with Gasteiger partial charge in [-0.3, -0.25) is 4.99 Å². The summed E-state index contributed by atoms with van der Waals surface area (Å²) in [5.74, 6) is 2.80. The van der Waals surface area contributed by atoms with E-state index < -0.39 is 0 Å². The first-order chi connectivity index (χ1) is 12.1. The molecule has 0 aromatic heterocycles. The number of rotatable bonds is 8. The van der Waals surface area contributed by atoms with Crippen LogP contribution in [0.15, 0.2) is 47.5 Å². The Bertz CT molecular complexity index is 731. The Labute approximate surface area is 174 Å². The van der Waals surface area contributed by atoms with Gasteiger partial charge in [-0.1, -0.05) is 18.2 Å². The second-order valence-electron chi connectivity index (χ2n) is 5.10. The van der Waals surface area contributed by atoms with Crippen LogP contribution in [-0.4, -0.2) is 32.5 Å². The van der Waals surface area contributed by atoms with E-state index in [0.29, 0.717) is 35.0 Å². The molecule has 142 valence electrons. The molecule has 0 atom stereocenters. The summed E-state index contributed by atoms with van der Waals surface area (Å²) in [6.07, 6.45) is 0. The van der Waals surface area contributed by atoms with Gasteiger partial charge in [-0.25, -0.2) is 4.39 Å². The quantitative estimate of drug-likeness (QED) is 0.252. The number of hydrogen-bond acceptors (Lipinski definition) is 4. The summed E-state index contributed by atoms with van der Waals surface area (Å²) in [6.45, 7) is 0.532. The summed E-state index contributed by atoms with van der Waals surface area (Å²) in [7, 11) is 3.18. The molecule has 0 heterocycles. The first-order valence-electron chi connectivity index (χ1n) is 7.74. The smallest absolute Gasteiger partial charge is 0.193 e. The number of nitrogens with two attached hydrogens (primary N) is 1. The molecule has 8 heteroatoms. The molecule has 0 amide bonds. The average molecular weight is 491 g/mol. The highest BCUT2D eigenvalue weighted by molar-refractivity contribution is 14.0. The van der Waals surface area contributed by atoms with E-state index in [1.165, 1.54) is 6.07 Å². The Kier molecular flexibility index (Phi) is 10.2. The van der Waals surface area contributed by atoms with Crippen molar-refractivity contribution in [1.82, 2.24) is 0 Å². The molecule has 3 N–H and O–H groups in total. The molecule has 0 bridgehead atoms. The number of halogens is 2. The van der Waals surface area contributed by atoms with Gasteiger partial charge in [0.25, 0.3) is 0 Å².